The second kappa shape index (κ2) is 6.34. The predicted octanol–water partition coefficient (Wildman–Crippen LogP) is 1.23. The van der Waals surface area contributed by atoms with Crippen LogP contribution in [0.5, 0.6) is 0 Å². The van der Waals surface area contributed by atoms with E-state index < -0.39 is 11.9 Å². The number of ketones is 1. The molecule has 5 heteroatoms. The van der Waals surface area contributed by atoms with E-state index in [1.54, 1.807) is 24.3 Å². The van der Waals surface area contributed by atoms with Crippen LogP contribution in [0.15, 0.2) is 30.3 Å². The Morgan fingerprint density at radius 3 is 2.22 bits per heavy atom. The van der Waals surface area contributed by atoms with Crippen molar-refractivity contribution in [2.24, 2.45) is 5.73 Å². The summed E-state index contributed by atoms with van der Waals surface area (Å²) in [6.07, 6.45) is 2.56. The Hall–Kier alpha value is -2.43. The molecule has 0 aliphatic carbocycles. The molecule has 0 unspecified atom stereocenters. The van der Waals surface area contributed by atoms with E-state index in [1.807, 2.05) is 0 Å². The van der Waals surface area contributed by atoms with Gasteiger partial charge in [0.05, 0.1) is 6.42 Å². The molecule has 0 aromatic heterocycles. The fraction of sp³-hybridized carbons (Fsp3) is 0.154. The van der Waals surface area contributed by atoms with E-state index in [2.05, 4.69) is 0 Å². The van der Waals surface area contributed by atoms with Crippen LogP contribution in [0.2, 0.25) is 0 Å². The molecule has 94 valence electrons. The van der Waals surface area contributed by atoms with Gasteiger partial charge in [-0.25, -0.2) is 0 Å². The molecule has 0 atom stereocenters. The zero-order chi connectivity index (χ0) is 13.5. The van der Waals surface area contributed by atoms with Gasteiger partial charge in [0.15, 0.2) is 5.78 Å². The number of aliphatic carboxylic acids is 1. The average Bonchev–Trinajstić information content (AvgIpc) is 2.34. The number of carbonyl (C=O) groups excluding carboxylic acids is 2. The van der Waals surface area contributed by atoms with E-state index in [9.17, 15) is 14.4 Å². The summed E-state index contributed by atoms with van der Waals surface area (Å²) in [6, 6.07) is 6.50. The maximum Gasteiger partial charge on any atom is 0.303 e. The Morgan fingerprint density at radius 1 is 1.11 bits per heavy atom. The molecule has 0 saturated carbocycles. The fourth-order valence-electron chi connectivity index (χ4n) is 1.32. The van der Waals surface area contributed by atoms with Gasteiger partial charge in [0, 0.05) is 18.1 Å². The van der Waals surface area contributed by atoms with Gasteiger partial charge in [-0.15, -0.1) is 0 Å². The number of rotatable bonds is 6. The van der Waals surface area contributed by atoms with Crippen LogP contribution in [-0.4, -0.2) is 22.8 Å². The van der Waals surface area contributed by atoms with Crippen molar-refractivity contribution in [1.29, 1.82) is 0 Å². The van der Waals surface area contributed by atoms with Crippen molar-refractivity contribution < 1.29 is 19.5 Å². The summed E-state index contributed by atoms with van der Waals surface area (Å²) in [4.78, 5) is 32.4. The zero-order valence-electron chi connectivity index (χ0n) is 9.63. The van der Waals surface area contributed by atoms with Crippen molar-refractivity contribution in [3.63, 3.8) is 0 Å². The maximum absolute atomic E-state index is 11.6. The van der Waals surface area contributed by atoms with Crippen LogP contribution in [0.3, 0.4) is 0 Å². The molecule has 0 spiro atoms. The number of carboxylic acids is 1. The molecule has 0 bridgehead atoms. The van der Waals surface area contributed by atoms with Crippen molar-refractivity contribution in [3.8, 4) is 0 Å². The lowest BCUT2D eigenvalue weighted by atomic mass is 10.0. The Kier molecular flexibility index (Phi) is 4.80. The third kappa shape index (κ3) is 4.61. The summed E-state index contributed by atoms with van der Waals surface area (Å²) in [5.41, 5.74) is 6.14. The maximum atomic E-state index is 11.6. The van der Waals surface area contributed by atoms with Crippen molar-refractivity contribution >= 4 is 23.7 Å². The van der Waals surface area contributed by atoms with Crippen molar-refractivity contribution in [1.82, 2.24) is 0 Å². The minimum absolute atomic E-state index is 0.0220. The first-order valence-electron chi connectivity index (χ1n) is 5.31. The number of primary amides is 1. The topological polar surface area (TPSA) is 97.5 Å². The number of amides is 1. The largest absolute Gasteiger partial charge is 0.481 e. The molecule has 1 amide bonds. The number of Topliss-reactive ketones (excluding diaryl/α,β-unsaturated/α-hetero) is 1. The quantitative estimate of drug-likeness (QED) is 0.583. The lowest BCUT2D eigenvalue weighted by molar-refractivity contribution is -0.137. The number of hydrogen-bond acceptors (Lipinski definition) is 3. The van der Waals surface area contributed by atoms with Crippen molar-refractivity contribution in [3.05, 3.63) is 41.5 Å². The Balaban J connectivity index is 2.67. The van der Waals surface area contributed by atoms with Gasteiger partial charge < -0.3 is 10.8 Å². The third-order valence-electron chi connectivity index (χ3n) is 2.24. The number of nitrogens with two attached hydrogens (primary N) is 1. The molecule has 0 radical (unpaired) electrons. The molecular weight excluding hydrogens is 234 g/mol. The molecule has 0 aliphatic rings. The molecule has 0 heterocycles. The van der Waals surface area contributed by atoms with Gasteiger partial charge in [0.25, 0.3) is 0 Å². The lowest BCUT2D eigenvalue weighted by Crippen LogP contribution is -2.05. The smallest absolute Gasteiger partial charge is 0.303 e. The zero-order valence-corrected chi connectivity index (χ0v) is 9.63. The number of carbonyl (C=O) groups is 3. The molecule has 18 heavy (non-hydrogen) atoms. The molecule has 3 N–H and O–H groups in total. The molecule has 1 aromatic rings. The number of benzene rings is 1. The van der Waals surface area contributed by atoms with Crippen LogP contribution in [0.25, 0.3) is 6.08 Å². The molecule has 0 saturated heterocycles. The van der Waals surface area contributed by atoms with E-state index in [4.69, 9.17) is 10.8 Å². The molecule has 0 fully saturated rings. The predicted molar refractivity (Wildman–Crippen MR) is 65.9 cm³/mol. The van der Waals surface area contributed by atoms with Gasteiger partial charge in [-0.3, -0.25) is 14.4 Å². The standard InChI is InChI=1S/C13H13NO4/c14-12(16)7-3-9-1-4-10(5-2-9)11(15)6-8-13(17)18/h1-5,7H,6,8H2,(H2,14,16)(H,17,18). The first-order valence-corrected chi connectivity index (χ1v) is 5.31. The van der Waals surface area contributed by atoms with Gasteiger partial charge in [-0.1, -0.05) is 24.3 Å². The highest BCUT2D eigenvalue weighted by atomic mass is 16.4. The summed E-state index contributed by atoms with van der Waals surface area (Å²) in [7, 11) is 0. The highest BCUT2D eigenvalue weighted by molar-refractivity contribution is 5.97. The average molecular weight is 247 g/mol. The minimum Gasteiger partial charge on any atom is -0.481 e. The van der Waals surface area contributed by atoms with Crippen LogP contribution in [0.4, 0.5) is 0 Å². The van der Waals surface area contributed by atoms with Crippen LogP contribution in [0.1, 0.15) is 28.8 Å². The Morgan fingerprint density at radius 2 is 1.72 bits per heavy atom. The number of hydrogen-bond donors (Lipinski definition) is 2. The van der Waals surface area contributed by atoms with Crippen LogP contribution in [0, 0.1) is 0 Å². The summed E-state index contributed by atoms with van der Waals surface area (Å²) in [5, 5.41) is 8.47. The summed E-state index contributed by atoms with van der Waals surface area (Å²) in [5.74, 6) is -1.76. The summed E-state index contributed by atoms with van der Waals surface area (Å²) in [6.45, 7) is 0. The van der Waals surface area contributed by atoms with Crippen molar-refractivity contribution in [2.45, 2.75) is 12.8 Å². The normalized spacial score (nSPS) is 10.4. The SMILES string of the molecule is NC(=O)C=Cc1ccc(C(=O)CCC(=O)O)cc1. The van der Waals surface area contributed by atoms with Gasteiger partial charge in [0.1, 0.15) is 0 Å². The molecular formula is C13H13NO4. The fourth-order valence-corrected chi connectivity index (χ4v) is 1.32. The highest BCUT2D eigenvalue weighted by Crippen LogP contribution is 2.09. The van der Waals surface area contributed by atoms with Gasteiger partial charge >= 0.3 is 5.97 Å². The van der Waals surface area contributed by atoms with Gasteiger partial charge in [0.2, 0.25) is 5.91 Å². The number of carboxylic acid groups (broad SMARTS) is 1. The Labute approximate surface area is 104 Å². The third-order valence-corrected chi connectivity index (χ3v) is 2.24. The molecule has 1 aromatic carbocycles. The van der Waals surface area contributed by atoms with Crippen LogP contribution >= 0.6 is 0 Å². The second-order valence-corrected chi connectivity index (χ2v) is 3.67. The van der Waals surface area contributed by atoms with Crippen LogP contribution in [-0.2, 0) is 9.59 Å². The van der Waals surface area contributed by atoms with E-state index in [1.165, 1.54) is 12.2 Å². The van der Waals surface area contributed by atoms with Crippen molar-refractivity contribution in [2.75, 3.05) is 0 Å². The monoisotopic (exact) mass is 247 g/mol. The lowest BCUT2D eigenvalue weighted by Gasteiger charge is -2.00. The van der Waals surface area contributed by atoms with E-state index in [0.29, 0.717) is 5.56 Å². The first-order chi connectivity index (χ1) is 8.49. The Bertz CT molecular complexity index is 488. The summed E-state index contributed by atoms with van der Waals surface area (Å²) < 4.78 is 0. The highest BCUT2D eigenvalue weighted by Gasteiger charge is 2.07. The van der Waals surface area contributed by atoms with E-state index in [0.717, 1.165) is 5.56 Å². The first kappa shape index (κ1) is 13.6. The van der Waals surface area contributed by atoms with Gasteiger partial charge in [-0.05, 0) is 11.6 Å². The van der Waals surface area contributed by atoms with E-state index >= 15 is 0 Å². The van der Waals surface area contributed by atoms with Gasteiger partial charge in [-0.2, -0.15) is 0 Å². The summed E-state index contributed by atoms with van der Waals surface area (Å²) >= 11 is 0. The van der Waals surface area contributed by atoms with E-state index in [-0.39, 0.29) is 18.6 Å². The van der Waals surface area contributed by atoms with Crippen LogP contribution < -0.4 is 5.73 Å². The molecule has 1 rings (SSSR count). The molecule has 0 aliphatic heterocycles. The second-order valence-electron chi connectivity index (χ2n) is 3.67. The molecule has 5 nitrogen and oxygen atoms in total. The minimum atomic E-state index is -0.996.